The third-order valence-corrected chi connectivity index (χ3v) is 8.05. The molecule has 0 atom stereocenters. The van der Waals surface area contributed by atoms with Crippen molar-refractivity contribution in [2.75, 3.05) is 6.61 Å². The van der Waals surface area contributed by atoms with Gasteiger partial charge in [-0.1, -0.05) is 35.0 Å². The first-order chi connectivity index (χ1) is 17.8. The van der Waals surface area contributed by atoms with Crippen molar-refractivity contribution in [3.8, 4) is 11.5 Å². The number of fused-ring (bicyclic) bond motifs is 1. The Kier molecular flexibility index (Phi) is 9.15. The molecule has 10 heteroatoms. The van der Waals surface area contributed by atoms with Gasteiger partial charge in [-0.3, -0.25) is 4.79 Å². The Morgan fingerprint density at radius 1 is 1.03 bits per heavy atom. The summed E-state index contributed by atoms with van der Waals surface area (Å²) in [6, 6.07) is 13.3. The summed E-state index contributed by atoms with van der Waals surface area (Å²) in [5, 5.41) is 5.01. The van der Waals surface area contributed by atoms with Crippen LogP contribution in [0.5, 0.6) is 11.5 Å². The Morgan fingerprint density at radius 3 is 2.49 bits per heavy atom. The van der Waals surface area contributed by atoms with Gasteiger partial charge in [0.15, 0.2) is 11.5 Å². The van der Waals surface area contributed by atoms with Crippen LogP contribution < -0.4 is 15.0 Å². The van der Waals surface area contributed by atoms with E-state index in [0.717, 1.165) is 16.5 Å². The monoisotopic (exact) mass is 693 g/mol. The van der Waals surface area contributed by atoms with E-state index in [9.17, 15) is 9.18 Å². The average Bonchev–Trinajstić information content (AvgIpc) is 2.88. The van der Waals surface area contributed by atoms with Gasteiger partial charge in [0.1, 0.15) is 18.2 Å². The molecular formula is C27H23Br3FN3O3. The molecule has 0 aliphatic carbocycles. The van der Waals surface area contributed by atoms with Gasteiger partial charge in [-0.05, 0) is 87.2 Å². The van der Waals surface area contributed by atoms with Crippen LogP contribution in [-0.4, -0.2) is 22.5 Å². The van der Waals surface area contributed by atoms with Crippen LogP contribution in [0.4, 0.5) is 4.39 Å². The first-order valence-corrected chi connectivity index (χ1v) is 14.0. The van der Waals surface area contributed by atoms with E-state index in [-0.39, 0.29) is 18.0 Å². The van der Waals surface area contributed by atoms with Crippen LogP contribution >= 0.6 is 47.8 Å². The molecule has 0 N–H and O–H groups in total. The minimum atomic E-state index is -0.304. The molecule has 1 heterocycles. The quantitative estimate of drug-likeness (QED) is 0.169. The number of hydrogen-bond donors (Lipinski definition) is 0. The molecule has 0 spiro atoms. The summed E-state index contributed by atoms with van der Waals surface area (Å²) in [5.41, 5.74) is 1.88. The molecule has 4 rings (SSSR count). The van der Waals surface area contributed by atoms with E-state index in [1.54, 1.807) is 30.5 Å². The van der Waals surface area contributed by atoms with Crippen LogP contribution in [0.2, 0.25) is 0 Å². The highest BCUT2D eigenvalue weighted by atomic mass is 79.9. The minimum Gasteiger partial charge on any atom is -0.490 e. The van der Waals surface area contributed by atoms with Crippen molar-refractivity contribution >= 4 is 64.9 Å². The zero-order valence-corrected chi connectivity index (χ0v) is 24.9. The molecule has 192 valence electrons. The number of hydrogen-bond acceptors (Lipinski definition) is 5. The van der Waals surface area contributed by atoms with Gasteiger partial charge in [0, 0.05) is 20.9 Å². The van der Waals surface area contributed by atoms with Crippen LogP contribution in [0, 0.1) is 5.82 Å². The second-order valence-electron chi connectivity index (χ2n) is 8.07. The SMILES string of the molecule is CCCc1nc2ccc(Br)cc2c(=O)n1N=Cc1cc(OCC)c(OCc2ccc(F)cc2)c(Br)c1Br. The molecule has 37 heavy (non-hydrogen) atoms. The van der Waals surface area contributed by atoms with Crippen molar-refractivity contribution < 1.29 is 13.9 Å². The van der Waals surface area contributed by atoms with Crippen molar-refractivity contribution in [1.29, 1.82) is 0 Å². The Hall–Kier alpha value is -2.56. The summed E-state index contributed by atoms with van der Waals surface area (Å²) in [4.78, 5) is 18.0. The third kappa shape index (κ3) is 6.30. The molecule has 3 aromatic carbocycles. The number of aromatic nitrogens is 2. The summed E-state index contributed by atoms with van der Waals surface area (Å²) in [6.45, 7) is 4.55. The number of rotatable bonds is 9. The fourth-order valence-corrected chi connectivity index (χ4v) is 4.95. The summed E-state index contributed by atoms with van der Waals surface area (Å²) < 4.78 is 28.6. The highest BCUT2D eigenvalue weighted by Crippen LogP contribution is 2.43. The van der Waals surface area contributed by atoms with Crippen molar-refractivity contribution in [1.82, 2.24) is 9.66 Å². The number of ether oxygens (including phenoxy) is 2. The number of benzene rings is 3. The zero-order valence-electron chi connectivity index (χ0n) is 20.1. The topological polar surface area (TPSA) is 65.7 Å². The van der Waals surface area contributed by atoms with Gasteiger partial charge in [-0.2, -0.15) is 9.78 Å². The maximum absolute atomic E-state index is 13.3. The predicted octanol–water partition coefficient (Wildman–Crippen LogP) is 7.64. The Labute approximate surface area is 238 Å². The lowest BCUT2D eigenvalue weighted by Crippen LogP contribution is -2.22. The summed E-state index contributed by atoms with van der Waals surface area (Å²) in [7, 11) is 0. The normalized spacial score (nSPS) is 11.4. The Bertz CT molecular complexity index is 1520. The van der Waals surface area contributed by atoms with Gasteiger partial charge in [-0.15, -0.1) is 0 Å². The molecule has 4 aromatic rings. The van der Waals surface area contributed by atoms with E-state index in [1.807, 2.05) is 26.0 Å². The molecule has 0 amide bonds. The third-order valence-electron chi connectivity index (χ3n) is 5.41. The maximum Gasteiger partial charge on any atom is 0.282 e. The minimum absolute atomic E-state index is 0.229. The molecule has 6 nitrogen and oxygen atoms in total. The molecule has 0 radical (unpaired) electrons. The molecule has 0 fully saturated rings. The van der Waals surface area contributed by atoms with Gasteiger partial charge >= 0.3 is 0 Å². The van der Waals surface area contributed by atoms with Crippen molar-refractivity contribution in [3.05, 3.63) is 95.1 Å². The van der Waals surface area contributed by atoms with Gasteiger partial charge in [0.2, 0.25) is 0 Å². The largest absolute Gasteiger partial charge is 0.490 e. The summed E-state index contributed by atoms with van der Waals surface area (Å²) in [5.74, 6) is 1.28. The lowest BCUT2D eigenvalue weighted by Gasteiger charge is -2.16. The van der Waals surface area contributed by atoms with E-state index in [0.29, 0.717) is 55.8 Å². The lowest BCUT2D eigenvalue weighted by molar-refractivity contribution is 0.267. The van der Waals surface area contributed by atoms with Crippen LogP contribution in [0.25, 0.3) is 10.9 Å². The first kappa shape index (κ1) is 27.5. The van der Waals surface area contributed by atoms with E-state index in [4.69, 9.17) is 9.47 Å². The molecule has 1 aromatic heterocycles. The zero-order chi connectivity index (χ0) is 26.5. The molecular weight excluding hydrogens is 673 g/mol. The average molecular weight is 696 g/mol. The van der Waals surface area contributed by atoms with Crippen LogP contribution in [0.3, 0.4) is 0 Å². The summed E-state index contributed by atoms with van der Waals surface area (Å²) >= 11 is 10.6. The van der Waals surface area contributed by atoms with E-state index < -0.39 is 0 Å². The van der Waals surface area contributed by atoms with Crippen molar-refractivity contribution in [3.63, 3.8) is 0 Å². The standard InChI is InChI=1S/C27H23Br3FN3O3/c1-3-5-23-33-21-11-8-18(28)13-20(21)27(35)34(23)32-14-17-12-22(36-4-2)26(25(30)24(17)29)37-15-16-6-9-19(31)10-7-16/h6-14H,3-5,15H2,1-2H3. The van der Waals surface area contributed by atoms with Gasteiger partial charge in [0.05, 0.1) is 28.2 Å². The molecule has 0 aliphatic heterocycles. The Balaban J connectivity index is 1.73. The molecule has 0 unspecified atom stereocenters. The van der Waals surface area contributed by atoms with Crippen molar-refractivity contribution in [2.24, 2.45) is 5.10 Å². The van der Waals surface area contributed by atoms with Gasteiger partial charge in [0.25, 0.3) is 5.56 Å². The van der Waals surface area contributed by atoms with E-state index >= 15 is 0 Å². The van der Waals surface area contributed by atoms with Crippen LogP contribution in [-0.2, 0) is 13.0 Å². The molecule has 0 bridgehead atoms. The predicted molar refractivity (Wildman–Crippen MR) is 154 cm³/mol. The van der Waals surface area contributed by atoms with Crippen molar-refractivity contribution in [2.45, 2.75) is 33.3 Å². The van der Waals surface area contributed by atoms with Gasteiger partial charge < -0.3 is 9.47 Å². The first-order valence-electron chi connectivity index (χ1n) is 11.6. The fourth-order valence-electron chi connectivity index (χ4n) is 3.65. The molecule has 0 saturated heterocycles. The highest BCUT2D eigenvalue weighted by molar-refractivity contribution is 9.13. The molecule has 0 aliphatic rings. The van der Waals surface area contributed by atoms with Gasteiger partial charge in [-0.25, -0.2) is 9.37 Å². The summed E-state index contributed by atoms with van der Waals surface area (Å²) in [6.07, 6.45) is 3.00. The maximum atomic E-state index is 13.3. The van der Waals surface area contributed by atoms with E-state index in [1.165, 1.54) is 16.8 Å². The van der Waals surface area contributed by atoms with Crippen LogP contribution in [0.1, 0.15) is 37.2 Å². The number of halogens is 4. The number of nitrogens with zero attached hydrogens (tertiary/aromatic N) is 3. The number of aryl methyl sites for hydroxylation is 1. The second-order valence-corrected chi connectivity index (χ2v) is 10.6. The Morgan fingerprint density at radius 2 is 1.78 bits per heavy atom. The van der Waals surface area contributed by atoms with E-state index in [2.05, 4.69) is 57.9 Å². The second kappa shape index (κ2) is 12.3. The van der Waals surface area contributed by atoms with Crippen LogP contribution in [0.15, 0.2) is 71.8 Å². The lowest BCUT2D eigenvalue weighted by atomic mass is 10.2. The highest BCUT2D eigenvalue weighted by Gasteiger charge is 2.18. The smallest absolute Gasteiger partial charge is 0.282 e. The fraction of sp³-hybridized carbons (Fsp3) is 0.222. The molecule has 0 saturated carbocycles.